The smallest absolute Gasteiger partial charge is 0.238 e. The van der Waals surface area contributed by atoms with Crippen LogP contribution in [0.3, 0.4) is 0 Å². The lowest BCUT2D eigenvalue weighted by molar-refractivity contribution is -0.117. The van der Waals surface area contributed by atoms with Crippen molar-refractivity contribution in [3.8, 4) is 0 Å². The van der Waals surface area contributed by atoms with Gasteiger partial charge in [0, 0.05) is 50.5 Å². The minimum atomic E-state index is 0.0181. The third-order valence-electron chi connectivity index (χ3n) is 4.86. The summed E-state index contributed by atoms with van der Waals surface area (Å²) in [5.41, 5.74) is 2.80. The highest BCUT2D eigenvalue weighted by atomic mass is 16.2. The number of anilines is 1. The molecule has 1 aliphatic heterocycles. The van der Waals surface area contributed by atoms with Crippen LogP contribution in [-0.2, 0) is 11.3 Å². The van der Waals surface area contributed by atoms with E-state index < -0.39 is 0 Å². The Morgan fingerprint density at radius 3 is 2.52 bits per heavy atom. The number of hydrogen-bond donors (Lipinski definition) is 1. The first-order valence-electron chi connectivity index (χ1n) is 9.26. The highest BCUT2D eigenvalue weighted by molar-refractivity contribution is 6.01. The van der Waals surface area contributed by atoms with Crippen molar-refractivity contribution in [2.45, 2.75) is 6.54 Å². The molecule has 0 saturated carbocycles. The first-order chi connectivity index (χ1) is 13.3. The molecule has 1 saturated heterocycles. The summed E-state index contributed by atoms with van der Waals surface area (Å²) in [7, 11) is 0. The Bertz CT molecular complexity index is 901. The summed E-state index contributed by atoms with van der Waals surface area (Å²) in [5, 5.41) is 4.01. The van der Waals surface area contributed by atoms with Crippen molar-refractivity contribution in [2.75, 3.05) is 38.0 Å². The van der Waals surface area contributed by atoms with E-state index in [4.69, 9.17) is 0 Å². The lowest BCUT2D eigenvalue weighted by Gasteiger charge is -2.34. The molecule has 0 atom stereocenters. The zero-order valence-corrected chi connectivity index (χ0v) is 15.2. The van der Waals surface area contributed by atoms with Crippen molar-refractivity contribution in [1.29, 1.82) is 0 Å². The topological polar surface area (TPSA) is 61.4 Å². The molecule has 2 aromatic heterocycles. The summed E-state index contributed by atoms with van der Waals surface area (Å²) in [6, 6.07) is 15.7. The van der Waals surface area contributed by atoms with E-state index in [0.717, 1.165) is 55.0 Å². The number of carbonyl (C=O) groups excluding carboxylic acids is 1. The molecule has 6 heteroatoms. The molecule has 138 valence electrons. The maximum atomic E-state index is 12.5. The molecule has 0 spiro atoms. The summed E-state index contributed by atoms with van der Waals surface area (Å²) >= 11 is 0. The standard InChI is InChI=1S/C21H23N5O/c27-21(24-20-8-3-7-19-18(20)6-4-10-23-19)16-26-13-11-25(12-14-26)15-17-5-1-2-9-22-17/h1-10H,11-16H2,(H,24,27). The van der Waals surface area contributed by atoms with E-state index in [1.165, 1.54) is 0 Å². The maximum Gasteiger partial charge on any atom is 0.238 e. The number of hydrogen-bond acceptors (Lipinski definition) is 5. The number of benzene rings is 1. The highest BCUT2D eigenvalue weighted by Gasteiger charge is 2.19. The molecule has 0 aliphatic carbocycles. The molecule has 3 heterocycles. The number of nitrogens with zero attached hydrogens (tertiary/aromatic N) is 4. The van der Waals surface area contributed by atoms with Gasteiger partial charge >= 0.3 is 0 Å². The van der Waals surface area contributed by atoms with E-state index in [0.29, 0.717) is 6.54 Å². The van der Waals surface area contributed by atoms with Crippen LogP contribution in [0.25, 0.3) is 10.9 Å². The van der Waals surface area contributed by atoms with Crippen LogP contribution < -0.4 is 5.32 Å². The predicted octanol–water partition coefficient (Wildman–Crippen LogP) is 2.39. The molecular formula is C21H23N5O. The van der Waals surface area contributed by atoms with Crippen molar-refractivity contribution in [2.24, 2.45) is 0 Å². The molecular weight excluding hydrogens is 338 g/mol. The number of rotatable bonds is 5. The van der Waals surface area contributed by atoms with Gasteiger partial charge in [0.15, 0.2) is 0 Å². The fourth-order valence-electron chi connectivity index (χ4n) is 3.43. The third kappa shape index (κ3) is 4.48. The van der Waals surface area contributed by atoms with E-state index >= 15 is 0 Å². The van der Waals surface area contributed by atoms with E-state index in [1.54, 1.807) is 6.20 Å². The summed E-state index contributed by atoms with van der Waals surface area (Å²) in [5.74, 6) is 0.0181. The van der Waals surface area contributed by atoms with Gasteiger partial charge < -0.3 is 5.32 Å². The Kier molecular flexibility index (Phi) is 5.37. The number of amides is 1. The fraction of sp³-hybridized carbons (Fsp3) is 0.286. The first kappa shape index (κ1) is 17.6. The maximum absolute atomic E-state index is 12.5. The van der Waals surface area contributed by atoms with Gasteiger partial charge in [-0.15, -0.1) is 0 Å². The second-order valence-electron chi connectivity index (χ2n) is 6.80. The first-order valence-corrected chi connectivity index (χ1v) is 9.26. The van der Waals surface area contributed by atoms with Crippen LogP contribution in [0.2, 0.25) is 0 Å². The number of nitrogens with one attached hydrogen (secondary N) is 1. The Morgan fingerprint density at radius 2 is 1.70 bits per heavy atom. The van der Waals surface area contributed by atoms with Gasteiger partial charge in [0.05, 0.1) is 23.4 Å². The lowest BCUT2D eigenvalue weighted by Crippen LogP contribution is -2.48. The predicted molar refractivity (Wildman–Crippen MR) is 106 cm³/mol. The largest absolute Gasteiger partial charge is 0.324 e. The molecule has 1 fully saturated rings. The summed E-state index contributed by atoms with van der Waals surface area (Å²) in [6.07, 6.45) is 3.59. The van der Waals surface area contributed by atoms with Gasteiger partial charge in [-0.05, 0) is 36.4 Å². The van der Waals surface area contributed by atoms with Gasteiger partial charge in [0.1, 0.15) is 0 Å². The Morgan fingerprint density at radius 1 is 0.889 bits per heavy atom. The van der Waals surface area contributed by atoms with Gasteiger partial charge in [-0.25, -0.2) is 0 Å². The van der Waals surface area contributed by atoms with E-state index in [-0.39, 0.29) is 5.91 Å². The molecule has 0 unspecified atom stereocenters. The van der Waals surface area contributed by atoms with Gasteiger partial charge in [-0.2, -0.15) is 0 Å². The molecule has 0 bridgehead atoms. The Labute approximate surface area is 158 Å². The van der Waals surface area contributed by atoms with Crippen LogP contribution >= 0.6 is 0 Å². The zero-order chi connectivity index (χ0) is 18.5. The molecule has 27 heavy (non-hydrogen) atoms. The number of fused-ring (bicyclic) bond motifs is 1. The molecule has 1 N–H and O–H groups in total. The number of carbonyl (C=O) groups is 1. The van der Waals surface area contributed by atoms with E-state index in [9.17, 15) is 4.79 Å². The zero-order valence-electron chi connectivity index (χ0n) is 15.2. The van der Waals surface area contributed by atoms with Crippen molar-refractivity contribution < 1.29 is 4.79 Å². The number of piperazine rings is 1. The fourth-order valence-corrected chi connectivity index (χ4v) is 3.43. The van der Waals surface area contributed by atoms with Crippen molar-refractivity contribution >= 4 is 22.5 Å². The van der Waals surface area contributed by atoms with Crippen LogP contribution in [0.1, 0.15) is 5.69 Å². The van der Waals surface area contributed by atoms with Crippen molar-refractivity contribution in [1.82, 2.24) is 19.8 Å². The van der Waals surface area contributed by atoms with Crippen LogP contribution in [0.5, 0.6) is 0 Å². The minimum Gasteiger partial charge on any atom is -0.324 e. The van der Waals surface area contributed by atoms with E-state index in [2.05, 4.69) is 31.2 Å². The SMILES string of the molecule is O=C(CN1CCN(Cc2ccccn2)CC1)Nc1cccc2ncccc12. The van der Waals surface area contributed by atoms with Gasteiger partial charge in [0.25, 0.3) is 0 Å². The average molecular weight is 361 g/mol. The average Bonchev–Trinajstić information content (AvgIpc) is 2.71. The Balaban J connectivity index is 1.29. The number of pyridine rings is 2. The van der Waals surface area contributed by atoms with E-state index in [1.807, 2.05) is 48.7 Å². The second kappa shape index (κ2) is 8.24. The second-order valence-corrected chi connectivity index (χ2v) is 6.80. The van der Waals surface area contributed by atoms with Crippen LogP contribution in [-0.4, -0.2) is 58.4 Å². The van der Waals surface area contributed by atoms with Gasteiger partial charge in [-0.1, -0.05) is 12.1 Å². The number of aromatic nitrogens is 2. The quantitative estimate of drug-likeness (QED) is 0.756. The molecule has 1 aromatic carbocycles. The normalized spacial score (nSPS) is 15.7. The highest BCUT2D eigenvalue weighted by Crippen LogP contribution is 2.21. The third-order valence-corrected chi connectivity index (χ3v) is 4.86. The van der Waals surface area contributed by atoms with Crippen molar-refractivity contribution in [3.63, 3.8) is 0 Å². The molecule has 4 rings (SSSR count). The van der Waals surface area contributed by atoms with Crippen LogP contribution in [0.15, 0.2) is 60.9 Å². The summed E-state index contributed by atoms with van der Waals surface area (Å²) < 4.78 is 0. The monoisotopic (exact) mass is 361 g/mol. The van der Waals surface area contributed by atoms with Crippen molar-refractivity contribution in [3.05, 3.63) is 66.6 Å². The Hall–Kier alpha value is -2.83. The minimum absolute atomic E-state index is 0.0181. The molecule has 6 nitrogen and oxygen atoms in total. The molecule has 0 radical (unpaired) electrons. The molecule has 3 aromatic rings. The van der Waals surface area contributed by atoms with Gasteiger partial charge in [-0.3, -0.25) is 24.6 Å². The summed E-state index contributed by atoms with van der Waals surface area (Å²) in [4.78, 5) is 25.8. The van der Waals surface area contributed by atoms with Crippen LogP contribution in [0.4, 0.5) is 5.69 Å². The van der Waals surface area contributed by atoms with Gasteiger partial charge in [0.2, 0.25) is 5.91 Å². The summed E-state index contributed by atoms with van der Waals surface area (Å²) in [6.45, 7) is 4.94. The molecule has 1 aliphatic rings. The molecule has 1 amide bonds. The van der Waals surface area contributed by atoms with Crippen LogP contribution in [0, 0.1) is 0 Å². The lowest BCUT2D eigenvalue weighted by atomic mass is 10.2.